The molecule has 0 fully saturated rings. The fourth-order valence-corrected chi connectivity index (χ4v) is 2.89. The standard InChI is InChI=1S/C14H19NS2/c1-11(2)14(4)8-5-6-13(7-9-14)17-16-12(3)10-15/h5-11,15H,3H2,1-2,4H3. The molecule has 0 saturated carbocycles. The highest BCUT2D eigenvalue weighted by Crippen LogP contribution is 2.39. The van der Waals surface area contributed by atoms with Gasteiger partial charge in [0.05, 0.1) is 0 Å². The van der Waals surface area contributed by atoms with Crippen LogP contribution in [-0.2, 0) is 0 Å². The molecule has 0 aromatic rings. The van der Waals surface area contributed by atoms with Gasteiger partial charge >= 0.3 is 0 Å². The van der Waals surface area contributed by atoms with E-state index in [-0.39, 0.29) is 5.41 Å². The predicted molar refractivity (Wildman–Crippen MR) is 82.4 cm³/mol. The lowest BCUT2D eigenvalue weighted by Gasteiger charge is -2.26. The number of allylic oxidation sites excluding steroid dienone is 6. The summed E-state index contributed by atoms with van der Waals surface area (Å²) >= 11 is 0. The van der Waals surface area contributed by atoms with Crippen LogP contribution in [0.2, 0.25) is 0 Å². The summed E-state index contributed by atoms with van der Waals surface area (Å²) in [5.74, 6) is 0.581. The van der Waals surface area contributed by atoms with Gasteiger partial charge in [-0.25, -0.2) is 0 Å². The number of rotatable bonds is 5. The van der Waals surface area contributed by atoms with Crippen LogP contribution >= 0.6 is 21.6 Å². The van der Waals surface area contributed by atoms with E-state index in [1.165, 1.54) is 21.9 Å². The monoisotopic (exact) mass is 265 g/mol. The predicted octanol–water partition coefficient (Wildman–Crippen LogP) is 5.20. The van der Waals surface area contributed by atoms with Gasteiger partial charge in [0, 0.05) is 21.4 Å². The first-order valence-corrected chi connectivity index (χ1v) is 7.75. The zero-order valence-electron chi connectivity index (χ0n) is 10.6. The summed E-state index contributed by atoms with van der Waals surface area (Å²) in [5, 5.41) is 7.08. The van der Waals surface area contributed by atoms with E-state index < -0.39 is 0 Å². The average molecular weight is 265 g/mol. The normalized spacial score (nSPS) is 23.4. The summed E-state index contributed by atoms with van der Waals surface area (Å²) in [6.07, 6.45) is 12.2. The molecule has 1 aliphatic rings. The molecule has 1 aliphatic carbocycles. The number of hydrogen-bond acceptors (Lipinski definition) is 3. The summed E-state index contributed by atoms with van der Waals surface area (Å²) in [4.78, 5) is 1.96. The van der Waals surface area contributed by atoms with Crippen LogP contribution in [0, 0.1) is 16.7 Å². The van der Waals surface area contributed by atoms with Crippen molar-refractivity contribution in [3.05, 3.63) is 46.8 Å². The van der Waals surface area contributed by atoms with Gasteiger partial charge in [0.1, 0.15) is 0 Å². The molecule has 0 radical (unpaired) electrons. The van der Waals surface area contributed by atoms with Gasteiger partial charge in [0.25, 0.3) is 0 Å². The van der Waals surface area contributed by atoms with E-state index in [1.54, 1.807) is 10.8 Å². The zero-order chi connectivity index (χ0) is 12.9. The topological polar surface area (TPSA) is 23.9 Å². The van der Waals surface area contributed by atoms with Crippen LogP contribution in [0.15, 0.2) is 46.8 Å². The molecule has 0 bridgehead atoms. The molecule has 0 amide bonds. The average Bonchev–Trinajstić information content (AvgIpc) is 2.49. The highest BCUT2D eigenvalue weighted by molar-refractivity contribution is 8.79. The maximum Gasteiger partial charge on any atom is 0.0316 e. The summed E-state index contributed by atoms with van der Waals surface area (Å²) in [6, 6.07) is 0. The summed E-state index contributed by atoms with van der Waals surface area (Å²) in [7, 11) is 3.17. The SMILES string of the molecule is C=C(C=N)SSC1=CC=CC(C)(C(C)C)C=C1. The smallest absolute Gasteiger partial charge is 0.0316 e. The molecule has 1 atom stereocenters. The summed E-state index contributed by atoms with van der Waals surface area (Å²) < 4.78 is 0. The number of nitrogens with one attached hydrogen (secondary N) is 1. The Morgan fingerprint density at radius 3 is 2.76 bits per heavy atom. The first-order chi connectivity index (χ1) is 7.98. The molecule has 1 nitrogen and oxygen atoms in total. The Balaban J connectivity index is 2.68. The van der Waals surface area contributed by atoms with E-state index in [0.29, 0.717) is 5.92 Å². The van der Waals surface area contributed by atoms with Gasteiger partial charge in [-0.3, -0.25) is 0 Å². The molecule has 0 aromatic heterocycles. The Morgan fingerprint density at radius 1 is 1.47 bits per heavy atom. The van der Waals surface area contributed by atoms with Crippen molar-refractivity contribution in [3.63, 3.8) is 0 Å². The molecular formula is C14H19NS2. The van der Waals surface area contributed by atoms with Gasteiger partial charge in [-0.2, -0.15) is 0 Å². The quantitative estimate of drug-likeness (QED) is 0.545. The highest BCUT2D eigenvalue weighted by Gasteiger charge is 2.22. The lowest BCUT2D eigenvalue weighted by atomic mass is 9.79. The van der Waals surface area contributed by atoms with Crippen LogP contribution in [0.3, 0.4) is 0 Å². The molecule has 0 aromatic carbocycles. The third-order valence-electron chi connectivity index (χ3n) is 2.97. The molecule has 3 heteroatoms. The minimum Gasteiger partial charge on any atom is -0.308 e. The Kier molecular flexibility index (Phi) is 5.34. The van der Waals surface area contributed by atoms with Gasteiger partial charge < -0.3 is 5.41 Å². The van der Waals surface area contributed by atoms with Gasteiger partial charge in [-0.15, -0.1) is 0 Å². The lowest BCUT2D eigenvalue weighted by molar-refractivity contribution is 0.383. The number of hydrogen-bond donors (Lipinski definition) is 1. The first-order valence-electron chi connectivity index (χ1n) is 5.60. The Morgan fingerprint density at radius 2 is 2.18 bits per heavy atom. The lowest BCUT2D eigenvalue weighted by Crippen LogP contribution is -2.17. The second-order valence-corrected chi connectivity index (χ2v) is 6.89. The van der Waals surface area contributed by atoms with Crippen molar-refractivity contribution in [2.24, 2.45) is 11.3 Å². The minimum absolute atomic E-state index is 0.127. The Bertz CT molecular complexity index is 391. The molecule has 92 valence electrons. The zero-order valence-corrected chi connectivity index (χ0v) is 12.2. The third-order valence-corrected chi connectivity index (χ3v) is 5.32. The van der Waals surface area contributed by atoms with E-state index in [4.69, 9.17) is 5.41 Å². The third kappa shape index (κ3) is 4.25. The molecule has 1 unspecified atom stereocenters. The summed E-state index contributed by atoms with van der Waals surface area (Å²) in [6.45, 7) is 10.5. The molecule has 17 heavy (non-hydrogen) atoms. The molecular weight excluding hydrogens is 246 g/mol. The molecule has 1 N–H and O–H groups in total. The molecule has 0 aliphatic heterocycles. The van der Waals surface area contributed by atoms with Gasteiger partial charge in [0.15, 0.2) is 0 Å². The van der Waals surface area contributed by atoms with Crippen molar-refractivity contribution in [1.29, 1.82) is 5.41 Å². The largest absolute Gasteiger partial charge is 0.308 e. The van der Waals surface area contributed by atoms with Crippen LogP contribution in [0.25, 0.3) is 0 Å². The van der Waals surface area contributed by atoms with E-state index in [0.717, 1.165) is 4.91 Å². The van der Waals surface area contributed by atoms with E-state index in [9.17, 15) is 0 Å². The fourth-order valence-electron chi connectivity index (χ4n) is 1.29. The van der Waals surface area contributed by atoms with Gasteiger partial charge in [-0.05, 0) is 12.0 Å². The van der Waals surface area contributed by atoms with Gasteiger partial charge in [-0.1, -0.05) is 73.2 Å². The van der Waals surface area contributed by atoms with Crippen LogP contribution in [0.4, 0.5) is 0 Å². The maximum absolute atomic E-state index is 7.08. The van der Waals surface area contributed by atoms with E-state index in [1.807, 2.05) is 0 Å². The minimum atomic E-state index is 0.127. The van der Waals surface area contributed by atoms with E-state index >= 15 is 0 Å². The molecule has 0 heterocycles. The van der Waals surface area contributed by atoms with Crippen LogP contribution < -0.4 is 0 Å². The maximum atomic E-state index is 7.08. The summed E-state index contributed by atoms with van der Waals surface area (Å²) in [5.41, 5.74) is 0.127. The first kappa shape index (κ1) is 14.4. The van der Waals surface area contributed by atoms with Crippen molar-refractivity contribution in [3.8, 4) is 0 Å². The second kappa shape index (κ2) is 6.31. The van der Waals surface area contributed by atoms with Crippen molar-refractivity contribution in [1.82, 2.24) is 0 Å². The van der Waals surface area contributed by atoms with Crippen molar-refractivity contribution in [2.45, 2.75) is 20.8 Å². The fraction of sp³-hybridized carbons (Fsp3) is 0.357. The molecule has 1 rings (SSSR count). The van der Waals surface area contributed by atoms with Gasteiger partial charge in [0.2, 0.25) is 0 Å². The van der Waals surface area contributed by atoms with Crippen LogP contribution in [0.5, 0.6) is 0 Å². The second-order valence-electron chi connectivity index (χ2n) is 4.56. The van der Waals surface area contributed by atoms with E-state index in [2.05, 4.69) is 57.7 Å². The van der Waals surface area contributed by atoms with Crippen molar-refractivity contribution >= 4 is 27.8 Å². The van der Waals surface area contributed by atoms with Crippen LogP contribution in [-0.4, -0.2) is 6.21 Å². The van der Waals surface area contributed by atoms with Crippen LogP contribution in [0.1, 0.15) is 20.8 Å². The Hall–Kier alpha value is -0.670. The molecule has 0 spiro atoms. The highest BCUT2D eigenvalue weighted by atomic mass is 33.1. The Labute approximate surface area is 112 Å². The molecule has 0 saturated heterocycles. The van der Waals surface area contributed by atoms with Crippen molar-refractivity contribution in [2.75, 3.05) is 0 Å². The van der Waals surface area contributed by atoms with Crippen molar-refractivity contribution < 1.29 is 0 Å².